The number of anilines is 1. The van der Waals surface area contributed by atoms with E-state index in [-0.39, 0.29) is 12.1 Å². The van der Waals surface area contributed by atoms with Crippen LogP contribution in [-0.2, 0) is 0 Å². The lowest BCUT2D eigenvalue weighted by atomic mass is 10.1. The highest BCUT2D eigenvalue weighted by Gasteiger charge is 2.22. The number of aromatic nitrogens is 1. The number of para-hydroxylation sites is 2. The number of nitrogens with zero attached hydrogens (tertiary/aromatic N) is 1. The van der Waals surface area contributed by atoms with Gasteiger partial charge in [-0.15, -0.1) is 0 Å². The molecule has 0 unspecified atom stereocenters. The second-order valence-electron chi connectivity index (χ2n) is 6.17. The molecule has 2 amide bonds. The molecule has 0 saturated carbocycles. The van der Waals surface area contributed by atoms with Crippen molar-refractivity contribution in [2.75, 3.05) is 18.5 Å². The van der Waals surface area contributed by atoms with Crippen molar-refractivity contribution >= 4 is 11.7 Å². The zero-order valence-corrected chi connectivity index (χ0v) is 14.8. The summed E-state index contributed by atoms with van der Waals surface area (Å²) >= 11 is 0. The molecular formula is C20H19N3O4. The second kappa shape index (κ2) is 7.41. The summed E-state index contributed by atoms with van der Waals surface area (Å²) in [4.78, 5) is 12.3. The van der Waals surface area contributed by atoms with Crippen molar-refractivity contribution in [3.8, 4) is 22.8 Å². The van der Waals surface area contributed by atoms with Gasteiger partial charge in [0.25, 0.3) is 0 Å². The number of aryl methyl sites for hydroxylation is 1. The zero-order valence-electron chi connectivity index (χ0n) is 14.8. The third-order valence-electron chi connectivity index (χ3n) is 4.20. The molecule has 4 rings (SSSR count). The highest BCUT2D eigenvalue weighted by atomic mass is 16.6. The highest BCUT2D eigenvalue weighted by molar-refractivity contribution is 5.93. The van der Waals surface area contributed by atoms with Gasteiger partial charge in [0.15, 0.2) is 23.4 Å². The van der Waals surface area contributed by atoms with Gasteiger partial charge >= 0.3 is 6.03 Å². The summed E-state index contributed by atoms with van der Waals surface area (Å²) in [6.07, 6.45) is -0.261. The van der Waals surface area contributed by atoms with E-state index < -0.39 is 0 Å². The third-order valence-corrected chi connectivity index (χ3v) is 4.20. The summed E-state index contributed by atoms with van der Waals surface area (Å²) < 4.78 is 16.9. The minimum Gasteiger partial charge on any atom is -0.486 e. The van der Waals surface area contributed by atoms with Gasteiger partial charge in [0.05, 0.1) is 6.54 Å². The number of rotatable bonds is 4. The molecule has 2 aromatic carbocycles. The summed E-state index contributed by atoms with van der Waals surface area (Å²) in [6, 6.07) is 16.6. The Morgan fingerprint density at radius 2 is 1.85 bits per heavy atom. The number of fused-ring (bicyclic) bond motifs is 1. The van der Waals surface area contributed by atoms with Crippen LogP contribution in [0.1, 0.15) is 5.69 Å². The van der Waals surface area contributed by atoms with Crippen LogP contribution in [0.3, 0.4) is 0 Å². The van der Waals surface area contributed by atoms with Crippen LogP contribution in [0.4, 0.5) is 10.5 Å². The fourth-order valence-corrected chi connectivity index (χ4v) is 2.83. The number of hydrogen-bond donors (Lipinski definition) is 2. The van der Waals surface area contributed by atoms with Crippen molar-refractivity contribution in [2.45, 2.75) is 13.0 Å². The smallest absolute Gasteiger partial charge is 0.319 e. The average Bonchev–Trinajstić information content (AvgIpc) is 3.07. The Kier molecular flexibility index (Phi) is 4.65. The molecule has 0 bridgehead atoms. The molecule has 7 heteroatoms. The maximum Gasteiger partial charge on any atom is 0.319 e. The fourth-order valence-electron chi connectivity index (χ4n) is 2.83. The Labute approximate surface area is 156 Å². The zero-order chi connectivity index (χ0) is 18.6. The molecule has 2 heterocycles. The van der Waals surface area contributed by atoms with E-state index in [0.29, 0.717) is 41.8 Å². The monoisotopic (exact) mass is 365 g/mol. The number of urea groups is 1. The van der Waals surface area contributed by atoms with Crippen LogP contribution in [0.2, 0.25) is 0 Å². The van der Waals surface area contributed by atoms with Crippen LogP contribution in [0.25, 0.3) is 11.3 Å². The van der Waals surface area contributed by atoms with Gasteiger partial charge in [0, 0.05) is 5.56 Å². The van der Waals surface area contributed by atoms with Crippen molar-refractivity contribution < 1.29 is 18.8 Å². The Hall–Kier alpha value is -3.48. The molecule has 0 aliphatic carbocycles. The van der Waals surface area contributed by atoms with E-state index in [0.717, 1.165) is 5.56 Å². The van der Waals surface area contributed by atoms with Crippen LogP contribution in [0, 0.1) is 6.92 Å². The summed E-state index contributed by atoms with van der Waals surface area (Å²) in [7, 11) is 0. The number of carbonyl (C=O) groups is 1. The van der Waals surface area contributed by atoms with Crippen molar-refractivity contribution in [1.29, 1.82) is 0 Å². The molecule has 3 aromatic rings. The lowest BCUT2D eigenvalue weighted by molar-refractivity contribution is 0.0922. The van der Waals surface area contributed by atoms with E-state index in [4.69, 9.17) is 14.0 Å². The molecule has 0 saturated heterocycles. The SMILES string of the molecule is Cc1noc(-c2ccccc2)c1NC(=O)NC[C@@H]1COc2ccccc2O1. The number of hydrogen-bond acceptors (Lipinski definition) is 5. The van der Waals surface area contributed by atoms with Crippen molar-refractivity contribution in [3.05, 3.63) is 60.3 Å². The number of ether oxygens (including phenoxy) is 2. The topological polar surface area (TPSA) is 85.6 Å². The molecule has 2 N–H and O–H groups in total. The van der Waals surface area contributed by atoms with Gasteiger partial charge < -0.3 is 24.6 Å². The molecule has 7 nitrogen and oxygen atoms in total. The molecule has 0 fully saturated rings. The molecule has 0 radical (unpaired) electrons. The second-order valence-corrected chi connectivity index (χ2v) is 6.17. The predicted molar refractivity (Wildman–Crippen MR) is 100 cm³/mol. The van der Waals surface area contributed by atoms with Gasteiger partial charge in [0.2, 0.25) is 0 Å². The van der Waals surface area contributed by atoms with Gasteiger partial charge in [0.1, 0.15) is 18.0 Å². The van der Waals surface area contributed by atoms with Crippen LogP contribution in [0.5, 0.6) is 11.5 Å². The van der Waals surface area contributed by atoms with E-state index in [1.54, 1.807) is 6.92 Å². The predicted octanol–water partition coefficient (Wildman–Crippen LogP) is 3.61. The molecular weight excluding hydrogens is 346 g/mol. The summed E-state index contributed by atoms with van der Waals surface area (Å²) in [5.41, 5.74) is 1.99. The van der Waals surface area contributed by atoms with Crippen LogP contribution in [-0.4, -0.2) is 30.4 Å². The first-order chi connectivity index (χ1) is 13.2. The molecule has 1 aliphatic rings. The number of amides is 2. The number of benzene rings is 2. The third kappa shape index (κ3) is 3.72. The summed E-state index contributed by atoms with van der Waals surface area (Å²) in [5, 5.41) is 9.58. The van der Waals surface area contributed by atoms with Gasteiger partial charge in [-0.05, 0) is 19.1 Å². The van der Waals surface area contributed by atoms with Crippen molar-refractivity contribution in [1.82, 2.24) is 10.5 Å². The lowest BCUT2D eigenvalue weighted by Crippen LogP contribution is -2.42. The first-order valence-corrected chi connectivity index (χ1v) is 8.66. The molecule has 1 aromatic heterocycles. The average molecular weight is 365 g/mol. The molecule has 0 spiro atoms. The molecule has 1 aliphatic heterocycles. The van der Waals surface area contributed by atoms with E-state index in [1.165, 1.54) is 0 Å². The quantitative estimate of drug-likeness (QED) is 0.738. The largest absolute Gasteiger partial charge is 0.486 e. The van der Waals surface area contributed by atoms with E-state index >= 15 is 0 Å². The van der Waals surface area contributed by atoms with Gasteiger partial charge in [-0.2, -0.15) is 0 Å². The van der Waals surface area contributed by atoms with Crippen LogP contribution < -0.4 is 20.1 Å². The summed E-state index contributed by atoms with van der Waals surface area (Å²) in [5.74, 6) is 1.91. The Balaban J connectivity index is 1.38. The molecule has 138 valence electrons. The highest BCUT2D eigenvalue weighted by Crippen LogP contribution is 2.31. The Morgan fingerprint density at radius 3 is 2.67 bits per heavy atom. The van der Waals surface area contributed by atoms with Crippen molar-refractivity contribution in [3.63, 3.8) is 0 Å². The van der Waals surface area contributed by atoms with E-state index in [1.807, 2.05) is 54.6 Å². The minimum absolute atomic E-state index is 0.261. The van der Waals surface area contributed by atoms with Gasteiger partial charge in [-0.25, -0.2) is 4.79 Å². The Morgan fingerprint density at radius 1 is 1.11 bits per heavy atom. The van der Waals surface area contributed by atoms with Crippen molar-refractivity contribution in [2.24, 2.45) is 0 Å². The standard InChI is InChI=1S/C20H19N3O4/c1-13-18(19(27-23-13)14-7-3-2-4-8-14)22-20(24)21-11-15-12-25-16-9-5-6-10-17(16)26-15/h2-10,15H,11-12H2,1H3,(H2,21,22,24)/t15-/m1/s1. The first kappa shape index (κ1) is 17.0. The summed E-state index contributed by atoms with van der Waals surface area (Å²) in [6.45, 7) is 2.46. The van der Waals surface area contributed by atoms with Crippen LogP contribution >= 0.6 is 0 Å². The first-order valence-electron chi connectivity index (χ1n) is 8.66. The Bertz CT molecular complexity index is 939. The lowest BCUT2D eigenvalue weighted by Gasteiger charge is -2.26. The van der Waals surface area contributed by atoms with Crippen LogP contribution in [0.15, 0.2) is 59.1 Å². The normalized spacial score (nSPS) is 15.2. The minimum atomic E-state index is -0.360. The number of nitrogens with one attached hydrogen (secondary N) is 2. The molecule has 1 atom stereocenters. The maximum atomic E-state index is 12.3. The van der Waals surface area contributed by atoms with Gasteiger partial charge in [-0.1, -0.05) is 47.6 Å². The maximum absolute atomic E-state index is 12.3. The molecule has 27 heavy (non-hydrogen) atoms. The van der Waals surface area contributed by atoms with Gasteiger partial charge in [-0.3, -0.25) is 0 Å². The number of carbonyl (C=O) groups excluding carboxylic acids is 1. The fraction of sp³-hybridized carbons (Fsp3) is 0.200. The van der Waals surface area contributed by atoms with E-state index in [9.17, 15) is 4.79 Å². The van der Waals surface area contributed by atoms with E-state index in [2.05, 4.69) is 15.8 Å².